The van der Waals surface area contributed by atoms with Crippen LogP contribution in [0.2, 0.25) is 0 Å². The Morgan fingerprint density at radius 3 is 2.89 bits per heavy atom. The van der Waals surface area contributed by atoms with Gasteiger partial charge in [-0.2, -0.15) is 5.10 Å². The Kier molecular flexibility index (Phi) is 5.76. The predicted octanol–water partition coefficient (Wildman–Crippen LogP) is 4.39. The molecule has 27 heavy (non-hydrogen) atoms. The van der Waals surface area contributed by atoms with Gasteiger partial charge in [0, 0.05) is 11.8 Å². The van der Waals surface area contributed by atoms with Gasteiger partial charge in [0.25, 0.3) is 5.91 Å². The van der Waals surface area contributed by atoms with Crippen LogP contribution in [0.1, 0.15) is 20.8 Å². The van der Waals surface area contributed by atoms with Crippen LogP contribution in [-0.4, -0.2) is 32.5 Å². The van der Waals surface area contributed by atoms with Crippen LogP contribution in [0.25, 0.3) is 0 Å². The number of aryl methyl sites for hydroxylation is 3. The molecule has 0 unspecified atom stereocenters. The molecule has 10 heteroatoms. The summed E-state index contributed by atoms with van der Waals surface area (Å²) in [6, 6.07) is 3.26. The summed E-state index contributed by atoms with van der Waals surface area (Å²) in [6.07, 6.45) is 3.20. The second kappa shape index (κ2) is 8.05. The molecular weight excluding hydrogens is 437 g/mol. The topological polar surface area (TPSA) is 92.1 Å². The smallest absolute Gasteiger partial charge is 0.267 e. The first-order chi connectivity index (χ1) is 12.9. The number of halogens is 2. The Balaban J connectivity index is 1.74. The predicted molar refractivity (Wildman–Crippen MR) is 107 cm³/mol. The first-order valence-electron chi connectivity index (χ1n) is 8.01. The van der Waals surface area contributed by atoms with E-state index < -0.39 is 6.67 Å². The lowest BCUT2D eigenvalue weighted by molar-refractivity contribution is 0.103. The number of carbonyl (C=O) groups excluding carboxylic acids is 1. The average Bonchev–Trinajstić information content (AvgIpc) is 3.23. The molecule has 0 aliphatic rings. The van der Waals surface area contributed by atoms with Crippen molar-refractivity contribution in [2.24, 2.45) is 0 Å². The van der Waals surface area contributed by atoms with Crippen LogP contribution >= 0.6 is 27.3 Å². The van der Waals surface area contributed by atoms with Crippen LogP contribution in [0, 0.1) is 13.8 Å². The minimum Gasteiger partial charge on any atom is -0.507 e. The molecule has 0 saturated carbocycles. The van der Waals surface area contributed by atoms with E-state index in [1.165, 1.54) is 22.2 Å². The Morgan fingerprint density at radius 1 is 1.37 bits per heavy atom. The first kappa shape index (κ1) is 19.3. The molecule has 1 aromatic carbocycles. The number of hydrogen-bond acceptors (Lipinski definition) is 6. The second-order valence-electron chi connectivity index (χ2n) is 5.81. The zero-order valence-corrected chi connectivity index (χ0v) is 17.0. The minimum absolute atomic E-state index is 0.0434. The van der Waals surface area contributed by atoms with Gasteiger partial charge in [-0.3, -0.25) is 9.48 Å². The van der Waals surface area contributed by atoms with E-state index in [4.69, 9.17) is 0 Å². The van der Waals surface area contributed by atoms with Crippen LogP contribution in [0.15, 0.2) is 29.0 Å². The van der Waals surface area contributed by atoms with Crippen molar-refractivity contribution in [1.82, 2.24) is 14.8 Å². The summed E-state index contributed by atoms with van der Waals surface area (Å²) in [5, 5.41) is 20.4. The second-order valence-corrected chi connectivity index (χ2v) is 7.64. The number of phenols is 1. The number of alkyl halides is 1. The molecule has 2 heterocycles. The van der Waals surface area contributed by atoms with E-state index in [1.807, 2.05) is 13.8 Å². The molecule has 0 fully saturated rings. The molecule has 0 aliphatic heterocycles. The molecule has 3 aromatic rings. The lowest BCUT2D eigenvalue weighted by atomic mass is 10.2. The van der Waals surface area contributed by atoms with Crippen molar-refractivity contribution in [1.29, 1.82) is 0 Å². The van der Waals surface area contributed by atoms with Crippen molar-refractivity contribution in [3.63, 3.8) is 0 Å². The number of carbonyl (C=O) groups is 1. The van der Waals surface area contributed by atoms with Gasteiger partial charge >= 0.3 is 0 Å². The number of rotatable bonds is 6. The van der Waals surface area contributed by atoms with Gasteiger partial charge in [0.1, 0.15) is 17.3 Å². The van der Waals surface area contributed by atoms with Gasteiger partial charge in [-0.1, -0.05) is 17.4 Å². The Hall–Kier alpha value is -2.46. The highest BCUT2D eigenvalue weighted by atomic mass is 79.9. The quantitative estimate of drug-likeness (QED) is 0.514. The zero-order valence-electron chi connectivity index (χ0n) is 14.6. The number of nitrogens with zero attached hydrogens (tertiary/aromatic N) is 3. The van der Waals surface area contributed by atoms with E-state index in [1.54, 1.807) is 18.3 Å². The van der Waals surface area contributed by atoms with Crippen LogP contribution < -0.4 is 10.6 Å². The van der Waals surface area contributed by atoms with E-state index >= 15 is 0 Å². The third kappa shape index (κ3) is 4.28. The number of thiazole rings is 1. The van der Waals surface area contributed by atoms with Gasteiger partial charge in [0.05, 0.1) is 22.9 Å². The lowest BCUT2D eigenvalue weighted by Crippen LogP contribution is -2.11. The SMILES string of the molecule is Cc1cn(CCF)nc1Nc1ncc(C(=O)Nc2c(C)ccc(O)c2Br)s1. The Labute approximate surface area is 167 Å². The summed E-state index contributed by atoms with van der Waals surface area (Å²) < 4.78 is 14.4. The normalized spacial score (nSPS) is 10.8. The molecule has 0 spiro atoms. The summed E-state index contributed by atoms with van der Waals surface area (Å²) in [6.45, 7) is 3.38. The summed E-state index contributed by atoms with van der Waals surface area (Å²) >= 11 is 4.44. The average molecular weight is 454 g/mol. The maximum Gasteiger partial charge on any atom is 0.267 e. The van der Waals surface area contributed by atoms with E-state index in [9.17, 15) is 14.3 Å². The van der Waals surface area contributed by atoms with E-state index in [2.05, 4.69) is 36.6 Å². The van der Waals surface area contributed by atoms with Gasteiger partial charge < -0.3 is 15.7 Å². The maximum absolute atomic E-state index is 12.5. The van der Waals surface area contributed by atoms with Crippen molar-refractivity contribution >= 4 is 49.8 Å². The van der Waals surface area contributed by atoms with Crippen LogP contribution in [0.3, 0.4) is 0 Å². The summed E-state index contributed by atoms with van der Waals surface area (Å²) in [7, 11) is 0. The van der Waals surface area contributed by atoms with Gasteiger partial charge in [0.15, 0.2) is 10.9 Å². The van der Waals surface area contributed by atoms with Crippen LogP contribution in [0.5, 0.6) is 5.75 Å². The number of hydrogen-bond donors (Lipinski definition) is 3. The first-order valence-corrected chi connectivity index (χ1v) is 9.62. The van der Waals surface area contributed by atoms with Crippen LogP contribution in [-0.2, 0) is 6.54 Å². The highest BCUT2D eigenvalue weighted by Gasteiger charge is 2.16. The monoisotopic (exact) mass is 453 g/mol. The van der Waals surface area contributed by atoms with Gasteiger partial charge in [-0.25, -0.2) is 9.37 Å². The van der Waals surface area contributed by atoms with Gasteiger partial charge in [-0.15, -0.1) is 0 Å². The number of amides is 1. The molecule has 3 rings (SSSR count). The van der Waals surface area contributed by atoms with E-state index in [0.29, 0.717) is 26.0 Å². The molecule has 0 aliphatic carbocycles. The standard InChI is InChI=1S/C17H17BrFN5O2S/c1-9-3-4-11(25)13(18)14(9)21-16(26)12-7-20-17(27-12)22-15-10(2)8-24(23-15)6-5-19/h3-4,7-8,25H,5-6H2,1-2H3,(H,21,26)(H,20,22,23). The molecule has 142 valence electrons. The van der Waals surface area contributed by atoms with Gasteiger partial charge in [0.2, 0.25) is 0 Å². The zero-order chi connectivity index (χ0) is 19.6. The fourth-order valence-electron chi connectivity index (χ4n) is 2.37. The highest BCUT2D eigenvalue weighted by Crippen LogP contribution is 2.35. The highest BCUT2D eigenvalue weighted by molar-refractivity contribution is 9.10. The molecule has 7 nitrogen and oxygen atoms in total. The van der Waals surface area contributed by atoms with E-state index in [0.717, 1.165) is 11.1 Å². The number of benzene rings is 1. The number of aromatic nitrogens is 3. The summed E-state index contributed by atoms with van der Waals surface area (Å²) in [4.78, 5) is 17.1. The molecule has 0 radical (unpaired) electrons. The van der Waals surface area contributed by atoms with E-state index in [-0.39, 0.29) is 18.2 Å². The molecule has 0 saturated heterocycles. The largest absolute Gasteiger partial charge is 0.507 e. The van der Waals surface area contributed by atoms with Crippen LogP contribution in [0.4, 0.5) is 21.0 Å². The Bertz CT molecular complexity index is 988. The number of nitrogens with one attached hydrogen (secondary N) is 2. The molecule has 2 aromatic heterocycles. The number of anilines is 3. The minimum atomic E-state index is -0.494. The molecule has 1 amide bonds. The lowest BCUT2D eigenvalue weighted by Gasteiger charge is -2.10. The molecule has 3 N–H and O–H groups in total. The summed E-state index contributed by atoms with van der Waals surface area (Å²) in [5.74, 6) is 0.271. The van der Waals surface area contributed by atoms with Crippen molar-refractivity contribution in [3.05, 3.63) is 45.0 Å². The van der Waals surface area contributed by atoms with Crippen molar-refractivity contribution in [2.45, 2.75) is 20.4 Å². The molecule has 0 atom stereocenters. The number of phenolic OH excluding ortho intramolecular Hbond substituents is 1. The molecular formula is C17H17BrFN5O2S. The number of aromatic hydroxyl groups is 1. The Morgan fingerprint density at radius 2 is 2.15 bits per heavy atom. The fourth-order valence-corrected chi connectivity index (χ4v) is 3.63. The van der Waals surface area contributed by atoms with Gasteiger partial charge in [-0.05, 0) is 41.4 Å². The summed E-state index contributed by atoms with van der Waals surface area (Å²) in [5.41, 5.74) is 2.16. The maximum atomic E-state index is 12.5. The van der Waals surface area contributed by atoms with Crippen molar-refractivity contribution in [3.8, 4) is 5.75 Å². The molecule has 0 bridgehead atoms. The van der Waals surface area contributed by atoms with Crippen molar-refractivity contribution in [2.75, 3.05) is 17.3 Å². The van der Waals surface area contributed by atoms with Crippen molar-refractivity contribution < 1.29 is 14.3 Å². The fraction of sp³-hybridized carbons (Fsp3) is 0.235. The third-order valence-corrected chi connectivity index (χ3v) is 5.50. The third-order valence-electron chi connectivity index (χ3n) is 3.78.